The highest BCUT2D eigenvalue weighted by Crippen LogP contribution is 2.45. The second-order valence-electron chi connectivity index (χ2n) is 13.6. The van der Waals surface area contributed by atoms with E-state index in [1.807, 2.05) is 47.7 Å². The highest BCUT2D eigenvalue weighted by atomic mass is 32.1. The summed E-state index contributed by atoms with van der Waals surface area (Å²) in [5.74, 6) is 1.95. The van der Waals surface area contributed by atoms with Crippen LogP contribution in [0.15, 0.2) is 182 Å². The molecule has 0 aliphatic rings. The zero-order valence-electron chi connectivity index (χ0n) is 29.0. The molecule has 8 aromatic carbocycles. The Bertz CT molecular complexity index is 3140. The average molecular weight is 707 g/mol. The third kappa shape index (κ3) is 4.94. The fraction of sp³-hybridized carbons (Fsp3) is 0. The van der Waals surface area contributed by atoms with Crippen molar-refractivity contribution in [1.29, 1.82) is 0 Å². The van der Waals surface area contributed by atoms with Gasteiger partial charge in [0.05, 0.1) is 11.0 Å². The van der Waals surface area contributed by atoms with E-state index in [9.17, 15) is 0 Å². The molecule has 0 N–H and O–H groups in total. The molecule has 0 amide bonds. The van der Waals surface area contributed by atoms with E-state index in [2.05, 4.69) is 150 Å². The fourth-order valence-corrected chi connectivity index (χ4v) is 9.13. The van der Waals surface area contributed by atoms with Crippen LogP contribution in [0.25, 0.3) is 104 Å². The van der Waals surface area contributed by atoms with Crippen LogP contribution in [-0.4, -0.2) is 19.5 Å². The van der Waals surface area contributed by atoms with Gasteiger partial charge in [0, 0.05) is 53.3 Å². The molecular weight excluding hydrogens is 677 g/mol. The number of rotatable bonds is 5. The van der Waals surface area contributed by atoms with Crippen LogP contribution in [0.5, 0.6) is 0 Å². The predicted octanol–water partition coefficient (Wildman–Crippen LogP) is 13.2. The Morgan fingerprint density at radius 1 is 0.370 bits per heavy atom. The van der Waals surface area contributed by atoms with Crippen LogP contribution in [0.3, 0.4) is 0 Å². The summed E-state index contributed by atoms with van der Waals surface area (Å²) in [6.07, 6.45) is 0. The summed E-state index contributed by atoms with van der Waals surface area (Å²) in [6.45, 7) is 0. The normalized spacial score (nSPS) is 11.7. The monoisotopic (exact) mass is 706 g/mol. The predicted molar refractivity (Wildman–Crippen MR) is 226 cm³/mol. The molecule has 0 aliphatic heterocycles. The molecule has 3 heterocycles. The van der Waals surface area contributed by atoms with Crippen molar-refractivity contribution in [2.45, 2.75) is 0 Å². The topological polar surface area (TPSA) is 43.6 Å². The van der Waals surface area contributed by atoms with Gasteiger partial charge in [0.2, 0.25) is 0 Å². The molecule has 54 heavy (non-hydrogen) atoms. The van der Waals surface area contributed by atoms with Gasteiger partial charge in [-0.2, -0.15) is 0 Å². The van der Waals surface area contributed by atoms with Gasteiger partial charge in [-0.1, -0.05) is 133 Å². The number of fused-ring (bicyclic) bond motifs is 8. The first-order valence-corrected chi connectivity index (χ1v) is 18.9. The largest absolute Gasteiger partial charge is 0.309 e. The third-order valence-corrected chi connectivity index (χ3v) is 11.5. The molecule has 0 saturated carbocycles. The van der Waals surface area contributed by atoms with Crippen LogP contribution >= 0.6 is 11.3 Å². The second-order valence-corrected chi connectivity index (χ2v) is 14.7. The van der Waals surface area contributed by atoms with E-state index in [1.54, 1.807) is 0 Å². The molecule has 4 nitrogen and oxygen atoms in total. The van der Waals surface area contributed by atoms with E-state index in [1.165, 1.54) is 52.8 Å². The van der Waals surface area contributed by atoms with Crippen LogP contribution in [-0.2, 0) is 0 Å². The van der Waals surface area contributed by atoms with Gasteiger partial charge < -0.3 is 4.57 Å². The molecular formula is C49H30N4S. The molecule has 252 valence electrons. The first-order chi connectivity index (χ1) is 26.8. The lowest BCUT2D eigenvalue weighted by molar-refractivity contribution is 1.07. The standard InChI is InChI=1S/C49H30N4S/c1-4-15-32(16-5-1)47-50-48(33-17-6-2-7-18-33)52-49(51-47)35-29-39(46-38-22-12-13-23-43(38)54-44(46)30-35)34-25-26-41-40(28-34)45-37-21-11-10-14-31(37)24-27-42(45)53(41)36-19-8-3-9-20-36/h1-30H. The molecule has 3 aromatic heterocycles. The van der Waals surface area contributed by atoms with Gasteiger partial charge in [0.15, 0.2) is 17.5 Å². The molecule has 5 heteroatoms. The Morgan fingerprint density at radius 2 is 0.963 bits per heavy atom. The number of thiophene rings is 1. The third-order valence-electron chi connectivity index (χ3n) is 10.4. The molecule has 0 radical (unpaired) electrons. The van der Waals surface area contributed by atoms with Crippen LogP contribution in [0.1, 0.15) is 0 Å². The minimum atomic E-state index is 0.649. The van der Waals surface area contributed by atoms with Crippen LogP contribution in [0, 0.1) is 0 Å². The highest BCUT2D eigenvalue weighted by Gasteiger charge is 2.20. The second kappa shape index (κ2) is 12.3. The van der Waals surface area contributed by atoms with Crippen molar-refractivity contribution in [1.82, 2.24) is 19.5 Å². The maximum Gasteiger partial charge on any atom is 0.164 e. The molecule has 11 aromatic rings. The van der Waals surface area contributed by atoms with Crippen LogP contribution in [0.2, 0.25) is 0 Å². The van der Waals surface area contributed by atoms with Crippen LogP contribution in [0.4, 0.5) is 0 Å². The molecule has 0 atom stereocenters. The van der Waals surface area contributed by atoms with E-state index in [-0.39, 0.29) is 0 Å². The van der Waals surface area contributed by atoms with E-state index < -0.39 is 0 Å². The Hall–Kier alpha value is -6.95. The summed E-state index contributed by atoms with van der Waals surface area (Å²) < 4.78 is 4.85. The number of aromatic nitrogens is 4. The summed E-state index contributed by atoms with van der Waals surface area (Å²) in [7, 11) is 0. The average Bonchev–Trinajstić information content (AvgIpc) is 3.80. The van der Waals surface area contributed by atoms with E-state index in [4.69, 9.17) is 15.0 Å². The Morgan fingerprint density at radius 3 is 1.69 bits per heavy atom. The maximum absolute atomic E-state index is 5.14. The number of para-hydroxylation sites is 1. The summed E-state index contributed by atoms with van der Waals surface area (Å²) in [6, 6.07) is 64.5. The number of nitrogens with zero attached hydrogens (tertiary/aromatic N) is 4. The van der Waals surface area contributed by atoms with Crippen molar-refractivity contribution in [3.05, 3.63) is 182 Å². The van der Waals surface area contributed by atoms with Gasteiger partial charge in [-0.3, -0.25) is 0 Å². The Labute approximate surface area is 315 Å². The zero-order chi connectivity index (χ0) is 35.6. The maximum atomic E-state index is 5.14. The highest BCUT2D eigenvalue weighted by molar-refractivity contribution is 7.26. The van der Waals surface area contributed by atoms with Crippen molar-refractivity contribution in [3.8, 4) is 51.0 Å². The van der Waals surface area contributed by atoms with Crippen molar-refractivity contribution in [3.63, 3.8) is 0 Å². The molecule has 0 bridgehead atoms. The number of hydrogen-bond donors (Lipinski definition) is 0. The summed E-state index contributed by atoms with van der Waals surface area (Å²) in [5, 5.41) is 7.46. The van der Waals surface area contributed by atoms with E-state index in [0.29, 0.717) is 17.5 Å². The molecule has 0 spiro atoms. The van der Waals surface area contributed by atoms with Crippen molar-refractivity contribution < 1.29 is 0 Å². The van der Waals surface area contributed by atoms with Gasteiger partial charge in [-0.25, -0.2) is 15.0 Å². The van der Waals surface area contributed by atoms with Gasteiger partial charge in [0.1, 0.15) is 0 Å². The van der Waals surface area contributed by atoms with Crippen molar-refractivity contribution in [2.75, 3.05) is 0 Å². The van der Waals surface area contributed by atoms with Gasteiger partial charge in [0.25, 0.3) is 0 Å². The van der Waals surface area contributed by atoms with Crippen molar-refractivity contribution in [2.24, 2.45) is 0 Å². The lowest BCUT2D eigenvalue weighted by Gasteiger charge is -2.12. The van der Waals surface area contributed by atoms with Crippen molar-refractivity contribution >= 4 is 64.1 Å². The summed E-state index contributed by atoms with van der Waals surface area (Å²) >= 11 is 1.81. The first-order valence-electron chi connectivity index (χ1n) is 18.1. The SMILES string of the molecule is c1ccc(-c2nc(-c3ccccc3)nc(-c3cc(-c4ccc5c(c4)c4c6ccccc6ccc4n5-c4ccccc4)c4c(c3)sc3ccccc34)n2)cc1. The number of hydrogen-bond acceptors (Lipinski definition) is 4. The van der Waals surface area contributed by atoms with E-state index >= 15 is 0 Å². The Balaban J connectivity index is 1.21. The first kappa shape index (κ1) is 30.7. The molecule has 0 fully saturated rings. The summed E-state index contributed by atoms with van der Waals surface area (Å²) in [4.78, 5) is 15.2. The Kier molecular flexibility index (Phi) is 7.00. The van der Waals surface area contributed by atoms with Gasteiger partial charge in [-0.05, 0) is 70.4 Å². The smallest absolute Gasteiger partial charge is 0.164 e. The molecule has 0 saturated heterocycles. The lowest BCUT2D eigenvalue weighted by Crippen LogP contribution is -2.00. The lowest BCUT2D eigenvalue weighted by atomic mass is 9.95. The van der Waals surface area contributed by atoms with Gasteiger partial charge in [-0.15, -0.1) is 11.3 Å². The zero-order valence-corrected chi connectivity index (χ0v) is 29.8. The minimum Gasteiger partial charge on any atom is -0.309 e. The molecule has 0 aliphatic carbocycles. The minimum absolute atomic E-state index is 0.649. The molecule has 0 unspecified atom stereocenters. The van der Waals surface area contributed by atoms with E-state index in [0.717, 1.165) is 33.5 Å². The quantitative estimate of drug-likeness (QED) is 0.179. The summed E-state index contributed by atoms with van der Waals surface area (Å²) in [5.41, 5.74) is 8.69. The number of benzene rings is 8. The fourth-order valence-electron chi connectivity index (χ4n) is 7.96. The van der Waals surface area contributed by atoms with Crippen LogP contribution < -0.4 is 0 Å². The molecule has 11 rings (SSSR count). The van der Waals surface area contributed by atoms with Gasteiger partial charge >= 0.3 is 0 Å².